The van der Waals surface area contributed by atoms with Gasteiger partial charge in [0.25, 0.3) is 5.91 Å². The van der Waals surface area contributed by atoms with E-state index >= 15 is 0 Å². The largest absolute Gasteiger partial charge is 0.471 e. The molecule has 1 aromatic heterocycles. The fourth-order valence-corrected chi connectivity index (χ4v) is 3.86. The standard InChI is InChI=1S/C20H25F2N5O5S/c1-11-6-15(22)12(7-14(11)21)10-32-18-16(17(23)29)19(33-26-18)25-20(30)24-8-13(28)9-27-2-4-31-5-3-27/h6-7,13,28H,2-5,8-10H2,1H3,(H2,23,29)(H2,24,25,30). The molecule has 2 heterocycles. The third-order valence-corrected chi connectivity index (χ3v) is 5.64. The Bertz CT molecular complexity index is 999. The first kappa shape index (κ1) is 24.8. The Balaban J connectivity index is 1.56. The van der Waals surface area contributed by atoms with Crippen LogP contribution in [0.1, 0.15) is 21.5 Å². The number of aromatic nitrogens is 1. The van der Waals surface area contributed by atoms with Crippen LogP contribution >= 0.6 is 11.5 Å². The number of primary amides is 1. The van der Waals surface area contributed by atoms with E-state index < -0.39 is 36.3 Å². The van der Waals surface area contributed by atoms with E-state index in [1.165, 1.54) is 6.92 Å². The van der Waals surface area contributed by atoms with Crippen LogP contribution in [0.25, 0.3) is 0 Å². The molecule has 0 spiro atoms. The summed E-state index contributed by atoms with van der Waals surface area (Å²) in [6.07, 6.45) is -0.797. The Morgan fingerprint density at radius 3 is 2.76 bits per heavy atom. The van der Waals surface area contributed by atoms with E-state index in [4.69, 9.17) is 15.2 Å². The summed E-state index contributed by atoms with van der Waals surface area (Å²) < 4.78 is 42.3. The highest BCUT2D eigenvalue weighted by Gasteiger charge is 2.23. The number of benzene rings is 1. The molecule has 1 unspecified atom stereocenters. The van der Waals surface area contributed by atoms with Crippen LogP contribution in [0.3, 0.4) is 0 Å². The Hall–Kier alpha value is -2.87. The number of nitrogens with zero attached hydrogens (tertiary/aromatic N) is 2. The number of urea groups is 1. The van der Waals surface area contributed by atoms with E-state index in [9.17, 15) is 23.5 Å². The Morgan fingerprint density at radius 2 is 2.06 bits per heavy atom. The number of aliphatic hydroxyl groups is 1. The van der Waals surface area contributed by atoms with Crippen LogP contribution in [0.4, 0.5) is 18.6 Å². The number of β-amino-alcohol motifs (C(OH)–C–C–N with tert-alkyl or cyclic N) is 1. The number of amides is 3. The third kappa shape index (κ3) is 6.81. The molecule has 13 heteroatoms. The fourth-order valence-electron chi connectivity index (χ4n) is 3.12. The Kier molecular flexibility index (Phi) is 8.49. The lowest BCUT2D eigenvalue weighted by Crippen LogP contribution is -2.45. The summed E-state index contributed by atoms with van der Waals surface area (Å²) in [4.78, 5) is 26.1. The molecule has 33 heavy (non-hydrogen) atoms. The van der Waals surface area contributed by atoms with Gasteiger partial charge in [-0.3, -0.25) is 15.0 Å². The minimum Gasteiger partial charge on any atom is -0.471 e. The molecule has 1 aliphatic rings. The van der Waals surface area contributed by atoms with Crippen molar-refractivity contribution in [3.8, 4) is 5.88 Å². The Labute approximate surface area is 192 Å². The number of rotatable bonds is 9. The maximum absolute atomic E-state index is 14.0. The molecule has 0 radical (unpaired) electrons. The van der Waals surface area contributed by atoms with E-state index in [2.05, 4.69) is 15.0 Å². The van der Waals surface area contributed by atoms with Gasteiger partial charge in [0.1, 0.15) is 28.8 Å². The number of nitrogens with one attached hydrogen (secondary N) is 2. The number of nitrogens with two attached hydrogens (primary N) is 1. The van der Waals surface area contributed by atoms with Crippen LogP contribution in [0.15, 0.2) is 12.1 Å². The normalized spacial score (nSPS) is 15.2. The van der Waals surface area contributed by atoms with Gasteiger partial charge in [0.15, 0.2) is 0 Å². The van der Waals surface area contributed by atoms with E-state index in [1.54, 1.807) is 0 Å². The summed E-state index contributed by atoms with van der Waals surface area (Å²) in [5, 5.41) is 15.1. The van der Waals surface area contributed by atoms with Crippen LogP contribution in [-0.2, 0) is 11.3 Å². The number of hydrogen-bond acceptors (Lipinski definition) is 8. The predicted molar refractivity (Wildman–Crippen MR) is 116 cm³/mol. The minimum absolute atomic E-state index is 0.0183. The molecule has 0 aliphatic carbocycles. The van der Waals surface area contributed by atoms with Gasteiger partial charge in [-0.1, -0.05) is 0 Å². The highest BCUT2D eigenvalue weighted by Crippen LogP contribution is 2.31. The minimum atomic E-state index is -0.919. The van der Waals surface area contributed by atoms with Gasteiger partial charge in [-0.15, -0.1) is 0 Å². The zero-order chi connectivity index (χ0) is 24.0. The van der Waals surface area contributed by atoms with Crippen molar-refractivity contribution in [2.75, 3.05) is 44.7 Å². The predicted octanol–water partition coefficient (Wildman–Crippen LogP) is 1.22. The Morgan fingerprint density at radius 1 is 1.33 bits per heavy atom. The molecule has 2 aromatic rings. The molecule has 3 rings (SSSR count). The maximum atomic E-state index is 14.0. The van der Waals surface area contributed by atoms with Gasteiger partial charge in [0, 0.05) is 31.7 Å². The summed E-state index contributed by atoms with van der Waals surface area (Å²) >= 11 is 0.740. The molecular formula is C20H25F2N5O5S. The first-order chi connectivity index (χ1) is 15.7. The first-order valence-corrected chi connectivity index (χ1v) is 10.9. The van der Waals surface area contributed by atoms with Crippen molar-refractivity contribution in [2.24, 2.45) is 5.73 Å². The molecular weight excluding hydrogens is 460 g/mol. The molecule has 180 valence electrons. The number of aryl methyl sites for hydroxylation is 1. The summed E-state index contributed by atoms with van der Waals surface area (Å²) in [6, 6.07) is 1.35. The average molecular weight is 486 g/mol. The van der Waals surface area contributed by atoms with Gasteiger partial charge >= 0.3 is 6.03 Å². The summed E-state index contributed by atoms with van der Waals surface area (Å²) in [5.74, 6) is -2.40. The SMILES string of the molecule is Cc1cc(F)c(COc2nsc(NC(=O)NCC(O)CN3CCOCC3)c2C(N)=O)cc1F. The van der Waals surface area contributed by atoms with Crippen molar-refractivity contribution in [3.05, 3.63) is 40.5 Å². The molecule has 0 saturated carbocycles. The molecule has 1 aromatic carbocycles. The topological polar surface area (TPSA) is 139 Å². The van der Waals surface area contributed by atoms with Crippen LogP contribution in [0.5, 0.6) is 5.88 Å². The van der Waals surface area contributed by atoms with E-state index in [1.807, 2.05) is 4.90 Å². The molecule has 0 bridgehead atoms. The number of carbonyl (C=O) groups excluding carboxylic acids is 2. The van der Waals surface area contributed by atoms with Gasteiger partial charge in [-0.2, -0.15) is 4.37 Å². The number of anilines is 1. The molecule has 1 fully saturated rings. The summed E-state index contributed by atoms with van der Waals surface area (Å²) in [7, 11) is 0. The van der Waals surface area contributed by atoms with Gasteiger partial charge in [0.2, 0.25) is 5.88 Å². The first-order valence-electron chi connectivity index (χ1n) is 10.1. The number of aliphatic hydroxyl groups excluding tert-OH is 1. The average Bonchev–Trinajstić information content (AvgIpc) is 3.17. The van der Waals surface area contributed by atoms with E-state index in [0.29, 0.717) is 32.8 Å². The number of halogens is 2. The van der Waals surface area contributed by atoms with Crippen molar-refractivity contribution in [1.82, 2.24) is 14.6 Å². The molecule has 3 amide bonds. The molecule has 5 N–H and O–H groups in total. The lowest BCUT2D eigenvalue weighted by Gasteiger charge is -2.28. The van der Waals surface area contributed by atoms with Gasteiger partial charge in [-0.25, -0.2) is 13.6 Å². The van der Waals surface area contributed by atoms with Crippen LogP contribution in [-0.4, -0.2) is 71.8 Å². The second-order valence-electron chi connectivity index (χ2n) is 7.44. The van der Waals surface area contributed by atoms with Gasteiger partial charge in [0.05, 0.1) is 19.3 Å². The van der Waals surface area contributed by atoms with Gasteiger partial charge in [-0.05, 0) is 36.2 Å². The van der Waals surface area contributed by atoms with Crippen LogP contribution in [0, 0.1) is 18.6 Å². The fraction of sp³-hybridized carbons (Fsp3) is 0.450. The lowest BCUT2D eigenvalue weighted by molar-refractivity contribution is 0.0154. The third-order valence-electron chi connectivity index (χ3n) is 4.90. The number of hydrogen-bond donors (Lipinski definition) is 4. The number of carbonyl (C=O) groups is 2. The smallest absolute Gasteiger partial charge is 0.320 e. The monoisotopic (exact) mass is 485 g/mol. The van der Waals surface area contributed by atoms with Crippen molar-refractivity contribution in [1.29, 1.82) is 0 Å². The quantitative estimate of drug-likeness (QED) is 0.419. The highest BCUT2D eigenvalue weighted by atomic mass is 32.1. The molecule has 1 atom stereocenters. The summed E-state index contributed by atoms with van der Waals surface area (Å²) in [5.41, 5.74) is 5.28. The highest BCUT2D eigenvalue weighted by molar-refractivity contribution is 7.11. The van der Waals surface area contributed by atoms with Crippen molar-refractivity contribution < 1.29 is 33.0 Å². The van der Waals surface area contributed by atoms with Gasteiger partial charge < -0.3 is 25.6 Å². The van der Waals surface area contributed by atoms with Crippen molar-refractivity contribution in [3.63, 3.8) is 0 Å². The van der Waals surface area contributed by atoms with Crippen molar-refractivity contribution >= 4 is 28.5 Å². The number of morpholine rings is 1. The zero-order valence-corrected chi connectivity index (χ0v) is 18.7. The lowest BCUT2D eigenvalue weighted by atomic mass is 10.1. The zero-order valence-electron chi connectivity index (χ0n) is 17.9. The van der Waals surface area contributed by atoms with Crippen LogP contribution in [0.2, 0.25) is 0 Å². The van der Waals surface area contributed by atoms with Crippen LogP contribution < -0.4 is 21.1 Å². The summed E-state index contributed by atoms with van der Waals surface area (Å²) in [6.45, 7) is 3.99. The molecule has 1 aliphatic heterocycles. The van der Waals surface area contributed by atoms with E-state index in [0.717, 1.165) is 23.7 Å². The second-order valence-corrected chi connectivity index (χ2v) is 8.21. The molecule has 10 nitrogen and oxygen atoms in total. The maximum Gasteiger partial charge on any atom is 0.320 e. The van der Waals surface area contributed by atoms with E-state index in [-0.39, 0.29) is 34.1 Å². The second kappa shape index (κ2) is 11.3. The van der Waals surface area contributed by atoms with Crippen molar-refractivity contribution in [2.45, 2.75) is 19.6 Å². The molecule has 1 saturated heterocycles. The number of ether oxygens (including phenoxy) is 2.